The molecule has 0 nitrogen and oxygen atoms in total. The third-order valence-electron chi connectivity index (χ3n) is 1.77. The minimum Gasteiger partial charge on any atom is -0.166 e. The molecule has 0 aliphatic carbocycles. The molecule has 0 N–H and O–H groups in total. The Morgan fingerprint density at radius 2 is 0.810 bits per heavy atom. The number of hydrogen-bond acceptors (Lipinski definition) is 0. The average molecular weight is 420 g/mol. The maximum absolute atomic E-state index is 11.8. The van der Waals surface area contributed by atoms with Gasteiger partial charge in [0.1, 0.15) is 0 Å². The Morgan fingerprint density at radius 3 is 1.00 bits per heavy atom. The van der Waals surface area contributed by atoms with Crippen LogP contribution in [0.4, 0.5) is 26.3 Å². The predicted octanol–water partition coefficient (Wildman–Crippen LogP) is 6.33. The van der Waals surface area contributed by atoms with Gasteiger partial charge in [-0.1, -0.05) is 66.7 Å². The van der Waals surface area contributed by atoms with Crippen LogP contribution in [0, 0.1) is 0 Å². The third-order valence-corrected chi connectivity index (χ3v) is 1.77. The summed E-state index contributed by atoms with van der Waals surface area (Å²) in [6, 6.07) is 18.4. The lowest BCUT2D eigenvalue weighted by Gasteiger charge is -2.03. The molecule has 2 rings (SSSR count). The standard InChI is InChI=1S/C7H5F3.C6H6.CF3I/c8-7(9,10)6-4-2-1-3-5-6;1-2-4-6-5-3-1;2-1(3,4)5/h1-5H;1-6H;. The molecule has 0 aliphatic rings. The van der Waals surface area contributed by atoms with Crippen molar-refractivity contribution in [1.82, 2.24) is 0 Å². The SMILES string of the molecule is FC(F)(F)I.FC(F)(F)c1ccccc1.c1ccccc1. The zero-order valence-electron chi connectivity index (χ0n) is 10.5. The van der Waals surface area contributed by atoms with E-state index in [1.54, 1.807) is 6.07 Å². The van der Waals surface area contributed by atoms with Crippen molar-refractivity contribution in [2.45, 2.75) is 10.4 Å². The Morgan fingerprint density at radius 1 is 0.571 bits per heavy atom. The quantitative estimate of drug-likeness (QED) is 0.265. The Bertz CT molecular complexity index is 432. The summed E-state index contributed by atoms with van der Waals surface area (Å²) in [6.07, 6.45) is -4.21. The second-order valence-electron chi connectivity index (χ2n) is 3.45. The van der Waals surface area contributed by atoms with Crippen molar-refractivity contribution < 1.29 is 26.3 Å². The molecule has 0 atom stereocenters. The van der Waals surface area contributed by atoms with Gasteiger partial charge in [0, 0.05) is 22.6 Å². The predicted molar refractivity (Wildman–Crippen MR) is 78.0 cm³/mol. The monoisotopic (exact) mass is 420 g/mol. The van der Waals surface area contributed by atoms with Crippen molar-refractivity contribution in [3.8, 4) is 0 Å². The molecule has 0 unspecified atom stereocenters. The van der Waals surface area contributed by atoms with E-state index in [1.165, 1.54) is 12.1 Å². The molecule has 21 heavy (non-hydrogen) atoms. The maximum atomic E-state index is 11.8. The molecule has 0 aromatic heterocycles. The van der Waals surface area contributed by atoms with Gasteiger partial charge in [-0.15, -0.1) is 0 Å². The van der Waals surface area contributed by atoms with E-state index in [9.17, 15) is 26.3 Å². The molecule has 0 spiro atoms. The number of benzene rings is 2. The van der Waals surface area contributed by atoms with Crippen molar-refractivity contribution in [3.05, 3.63) is 72.3 Å². The summed E-state index contributed by atoms with van der Waals surface area (Å²) in [7, 11) is 0. The molecule has 0 aliphatic heterocycles. The van der Waals surface area contributed by atoms with E-state index in [0.717, 1.165) is 12.1 Å². The highest BCUT2D eigenvalue weighted by Gasteiger charge is 2.29. The molecule has 0 fully saturated rings. The fourth-order valence-corrected chi connectivity index (χ4v) is 1.01. The highest BCUT2D eigenvalue weighted by Crippen LogP contribution is 2.28. The van der Waals surface area contributed by atoms with Crippen LogP contribution in [-0.2, 0) is 6.18 Å². The van der Waals surface area contributed by atoms with E-state index < -0.39 is 15.9 Å². The fourth-order valence-electron chi connectivity index (χ4n) is 1.01. The topological polar surface area (TPSA) is 0 Å². The summed E-state index contributed by atoms with van der Waals surface area (Å²) in [5, 5.41) is 0. The van der Waals surface area contributed by atoms with Crippen LogP contribution in [0.3, 0.4) is 0 Å². The van der Waals surface area contributed by atoms with E-state index in [-0.39, 0.29) is 0 Å². The molecular weight excluding hydrogens is 409 g/mol. The lowest BCUT2D eigenvalue weighted by Crippen LogP contribution is -2.03. The van der Waals surface area contributed by atoms with Crippen molar-refractivity contribution in [3.63, 3.8) is 0 Å². The van der Waals surface area contributed by atoms with E-state index in [0.29, 0.717) is 22.6 Å². The largest absolute Gasteiger partial charge is 0.441 e. The van der Waals surface area contributed by atoms with E-state index in [1.807, 2.05) is 36.4 Å². The van der Waals surface area contributed by atoms with Crippen molar-refractivity contribution in [2.75, 3.05) is 0 Å². The van der Waals surface area contributed by atoms with Gasteiger partial charge in [-0.2, -0.15) is 26.3 Å². The van der Waals surface area contributed by atoms with Crippen LogP contribution in [0.5, 0.6) is 0 Å². The Kier molecular flexibility index (Phi) is 9.07. The molecule has 0 radical (unpaired) electrons. The van der Waals surface area contributed by atoms with Crippen LogP contribution in [-0.4, -0.2) is 4.18 Å². The van der Waals surface area contributed by atoms with Gasteiger partial charge >= 0.3 is 10.4 Å². The highest BCUT2D eigenvalue weighted by atomic mass is 127. The van der Waals surface area contributed by atoms with Gasteiger partial charge in [0.05, 0.1) is 5.56 Å². The lowest BCUT2D eigenvalue weighted by atomic mass is 10.2. The highest BCUT2D eigenvalue weighted by molar-refractivity contribution is 14.1. The summed E-state index contributed by atoms with van der Waals surface area (Å²) in [6.45, 7) is 0. The summed E-state index contributed by atoms with van der Waals surface area (Å²) in [4.78, 5) is 0. The van der Waals surface area contributed by atoms with Gasteiger partial charge in [-0.05, 0) is 0 Å². The number of hydrogen-bond donors (Lipinski definition) is 0. The van der Waals surface area contributed by atoms with Crippen molar-refractivity contribution in [2.24, 2.45) is 0 Å². The molecule has 0 saturated carbocycles. The smallest absolute Gasteiger partial charge is 0.166 e. The van der Waals surface area contributed by atoms with Crippen LogP contribution in [0.25, 0.3) is 0 Å². The normalized spacial score (nSPS) is 10.6. The lowest BCUT2D eigenvalue weighted by molar-refractivity contribution is -0.137. The van der Waals surface area contributed by atoms with Crippen LogP contribution in [0.15, 0.2) is 66.7 Å². The van der Waals surface area contributed by atoms with E-state index in [4.69, 9.17) is 0 Å². The second kappa shape index (κ2) is 9.64. The first kappa shape index (κ1) is 19.8. The van der Waals surface area contributed by atoms with Crippen LogP contribution >= 0.6 is 22.6 Å². The zero-order chi connectivity index (χ0) is 16.4. The molecule has 0 heterocycles. The molecule has 2 aromatic rings. The molecule has 0 bridgehead atoms. The first-order chi connectivity index (χ1) is 9.61. The molecule has 0 amide bonds. The first-order valence-electron chi connectivity index (χ1n) is 5.48. The Balaban J connectivity index is 0.000000312. The van der Waals surface area contributed by atoms with Gasteiger partial charge in [0.15, 0.2) is 0 Å². The van der Waals surface area contributed by atoms with Crippen molar-refractivity contribution in [1.29, 1.82) is 0 Å². The average Bonchev–Trinajstić information content (AvgIpc) is 2.40. The minimum absolute atomic E-state index is 0.378. The summed E-state index contributed by atoms with van der Waals surface area (Å²) in [5.74, 6) is 0. The number of alkyl halides is 7. The molecule has 0 saturated heterocycles. The van der Waals surface area contributed by atoms with Gasteiger partial charge in [0.25, 0.3) is 0 Å². The maximum Gasteiger partial charge on any atom is 0.441 e. The molecule has 7 heteroatoms. The van der Waals surface area contributed by atoms with E-state index in [2.05, 4.69) is 0 Å². The summed E-state index contributed by atoms with van der Waals surface area (Å²) in [5.41, 5.74) is -0.602. The van der Waals surface area contributed by atoms with Gasteiger partial charge < -0.3 is 0 Å². The molecule has 2 aromatic carbocycles. The van der Waals surface area contributed by atoms with Crippen LogP contribution < -0.4 is 0 Å². The summed E-state index contributed by atoms with van der Waals surface area (Å²) >= 11 is 0.378. The molecule has 116 valence electrons. The fraction of sp³-hybridized carbons (Fsp3) is 0.143. The Labute approximate surface area is 131 Å². The minimum atomic E-state index is -4.21. The van der Waals surface area contributed by atoms with Crippen LogP contribution in [0.1, 0.15) is 5.56 Å². The van der Waals surface area contributed by atoms with Gasteiger partial charge in [0.2, 0.25) is 0 Å². The second-order valence-corrected chi connectivity index (χ2v) is 4.67. The van der Waals surface area contributed by atoms with Gasteiger partial charge in [-0.3, -0.25) is 0 Å². The number of halogens is 7. The van der Waals surface area contributed by atoms with Crippen molar-refractivity contribution >= 4 is 22.6 Å². The zero-order valence-corrected chi connectivity index (χ0v) is 12.7. The molecular formula is C14H11F6I. The third kappa shape index (κ3) is 15.0. The first-order valence-corrected chi connectivity index (χ1v) is 6.56. The Hall–Kier alpha value is -1.25. The van der Waals surface area contributed by atoms with E-state index >= 15 is 0 Å². The van der Waals surface area contributed by atoms with Gasteiger partial charge in [-0.25, -0.2) is 0 Å². The number of rotatable bonds is 0. The summed E-state index contributed by atoms with van der Waals surface area (Å²) < 4.78 is 62.4. The van der Waals surface area contributed by atoms with Crippen LogP contribution in [0.2, 0.25) is 0 Å².